The van der Waals surface area contributed by atoms with E-state index < -0.39 is 0 Å². The summed E-state index contributed by atoms with van der Waals surface area (Å²) in [5.41, 5.74) is 5.58. The average molecular weight is 217 g/mol. The smallest absolute Gasteiger partial charge is 0.128 e. The van der Waals surface area contributed by atoms with Crippen molar-refractivity contribution in [1.82, 2.24) is 14.5 Å². The maximum atomic E-state index is 5.58. The van der Waals surface area contributed by atoms with Crippen LogP contribution in [0.1, 0.15) is 5.82 Å². The molecule has 0 amide bonds. The van der Waals surface area contributed by atoms with Crippen LogP contribution in [0.25, 0.3) is 0 Å². The van der Waals surface area contributed by atoms with Gasteiger partial charge in [0.25, 0.3) is 0 Å². The first-order chi connectivity index (χ1) is 7.75. The molecule has 84 valence electrons. The van der Waals surface area contributed by atoms with Gasteiger partial charge in [-0.05, 0) is 12.1 Å². The van der Waals surface area contributed by atoms with Crippen LogP contribution in [0, 0.1) is 0 Å². The van der Waals surface area contributed by atoms with Gasteiger partial charge >= 0.3 is 0 Å². The quantitative estimate of drug-likeness (QED) is 0.803. The van der Waals surface area contributed by atoms with E-state index in [9.17, 15) is 0 Å². The second-order valence-corrected chi connectivity index (χ2v) is 3.58. The van der Waals surface area contributed by atoms with Gasteiger partial charge in [-0.3, -0.25) is 0 Å². The first kappa shape index (κ1) is 10.5. The van der Waals surface area contributed by atoms with E-state index in [2.05, 4.69) is 15.3 Å². The average Bonchev–Trinajstić information content (AvgIpc) is 2.65. The monoisotopic (exact) mass is 217 g/mol. The number of hydrogen-bond acceptors (Lipinski definition) is 4. The van der Waals surface area contributed by atoms with Crippen LogP contribution >= 0.6 is 0 Å². The number of aromatic nitrogens is 3. The summed E-state index contributed by atoms with van der Waals surface area (Å²) in [6, 6.07) is 5.55. The molecule has 2 heterocycles. The summed E-state index contributed by atoms with van der Waals surface area (Å²) in [6.07, 6.45) is 4.60. The largest absolute Gasteiger partial charge is 0.384 e. The maximum Gasteiger partial charge on any atom is 0.128 e. The van der Waals surface area contributed by atoms with Crippen LogP contribution in [0.5, 0.6) is 0 Å². The molecule has 2 rings (SSSR count). The van der Waals surface area contributed by atoms with Crippen LogP contribution in [0.2, 0.25) is 0 Å². The molecule has 0 unspecified atom stereocenters. The Labute approximate surface area is 94.3 Å². The van der Waals surface area contributed by atoms with Crippen LogP contribution in [0.15, 0.2) is 30.6 Å². The summed E-state index contributed by atoms with van der Waals surface area (Å²) in [6.45, 7) is 0.793. The summed E-state index contributed by atoms with van der Waals surface area (Å²) >= 11 is 0. The third kappa shape index (κ3) is 2.50. The molecule has 0 radical (unpaired) electrons. The van der Waals surface area contributed by atoms with Crippen LogP contribution in [-0.4, -0.2) is 21.1 Å². The second-order valence-electron chi connectivity index (χ2n) is 3.58. The van der Waals surface area contributed by atoms with Crippen molar-refractivity contribution in [3.05, 3.63) is 36.4 Å². The number of rotatable bonds is 4. The fraction of sp³-hybridized carbons (Fsp3) is 0.273. The van der Waals surface area contributed by atoms with Gasteiger partial charge in [-0.2, -0.15) is 0 Å². The predicted octanol–water partition coefficient (Wildman–Crippen LogP) is 1.05. The fourth-order valence-electron chi connectivity index (χ4n) is 1.49. The van der Waals surface area contributed by atoms with Crippen molar-refractivity contribution in [1.29, 1.82) is 0 Å². The van der Waals surface area contributed by atoms with E-state index >= 15 is 0 Å². The number of nitrogens with zero attached hydrogens (tertiary/aromatic N) is 3. The lowest BCUT2D eigenvalue weighted by molar-refractivity contribution is 0.788. The first-order valence-corrected chi connectivity index (χ1v) is 5.18. The molecule has 0 bridgehead atoms. The molecule has 0 spiro atoms. The van der Waals surface area contributed by atoms with Crippen LogP contribution in [0.4, 0.5) is 11.6 Å². The molecule has 0 fully saturated rings. The zero-order valence-corrected chi connectivity index (χ0v) is 9.22. The van der Waals surface area contributed by atoms with E-state index in [0.717, 1.165) is 24.6 Å². The first-order valence-electron chi connectivity index (χ1n) is 5.18. The number of pyridine rings is 1. The van der Waals surface area contributed by atoms with Crippen molar-refractivity contribution in [3.8, 4) is 0 Å². The van der Waals surface area contributed by atoms with Gasteiger partial charge in [-0.15, -0.1) is 0 Å². The van der Waals surface area contributed by atoms with Crippen molar-refractivity contribution in [2.24, 2.45) is 7.05 Å². The van der Waals surface area contributed by atoms with E-state index in [4.69, 9.17) is 5.73 Å². The molecular formula is C11H15N5. The summed E-state index contributed by atoms with van der Waals surface area (Å²) in [7, 11) is 1.99. The third-order valence-electron chi connectivity index (χ3n) is 2.35. The number of nitrogen functional groups attached to an aromatic ring is 1. The van der Waals surface area contributed by atoms with Crippen molar-refractivity contribution in [2.75, 3.05) is 17.6 Å². The zero-order valence-electron chi connectivity index (χ0n) is 9.22. The highest BCUT2D eigenvalue weighted by Crippen LogP contribution is 2.05. The summed E-state index contributed by atoms with van der Waals surface area (Å²) < 4.78 is 2.01. The van der Waals surface area contributed by atoms with Crippen LogP contribution in [0.3, 0.4) is 0 Å². The number of aryl methyl sites for hydroxylation is 1. The molecule has 2 aromatic rings. The number of imidazole rings is 1. The van der Waals surface area contributed by atoms with Crippen molar-refractivity contribution in [2.45, 2.75) is 6.42 Å². The fourth-order valence-corrected chi connectivity index (χ4v) is 1.49. The Morgan fingerprint density at radius 1 is 1.44 bits per heavy atom. The number of nitrogens with one attached hydrogen (secondary N) is 1. The molecule has 0 aromatic carbocycles. The predicted molar refractivity (Wildman–Crippen MR) is 64.1 cm³/mol. The summed E-state index contributed by atoms with van der Waals surface area (Å²) in [5, 5.41) is 3.21. The highest BCUT2D eigenvalue weighted by Gasteiger charge is 1.99. The molecule has 0 aliphatic carbocycles. The highest BCUT2D eigenvalue weighted by molar-refractivity contribution is 5.42. The number of hydrogen-bond donors (Lipinski definition) is 2. The molecule has 0 saturated carbocycles. The minimum absolute atomic E-state index is 0.530. The van der Waals surface area contributed by atoms with E-state index in [1.54, 1.807) is 12.3 Å². The van der Waals surface area contributed by atoms with E-state index in [1.807, 2.05) is 29.9 Å². The Kier molecular flexibility index (Phi) is 3.05. The Morgan fingerprint density at radius 3 is 3.00 bits per heavy atom. The van der Waals surface area contributed by atoms with E-state index in [-0.39, 0.29) is 0 Å². The normalized spacial score (nSPS) is 10.3. The molecule has 0 saturated heterocycles. The maximum absolute atomic E-state index is 5.58. The Morgan fingerprint density at radius 2 is 2.31 bits per heavy atom. The summed E-state index contributed by atoms with van der Waals surface area (Å²) in [4.78, 5) is 8.40. The number of nitrogens with two attached hydrogens (primary N) is 1. The zero-order chi connectivity index (χ0) is 11.4. The van der Waals surface area contributed by atoms with Gasteiger partial charge in [0.2, 0.25) is 0 Å². The SMILES string of the molecule is Cn1ccnc1CCNc1cccc(N)n1. The van der Waals surface area contributed by atoms with Gasteiger partial charge in [0, 0.05) is 32.4 Å². The minimum Gasteiger partial charge on any atom is -0.384 e. The molecule has 5 nitrogen and oxygen atoms in total. The van der Waals surface area contributed by atoms with Gasteiger partial charge in [-0.1, -0.05) is 6.07 Å². The molecule has 0 atom stereocenters. The van der Waals surface area contributed by atoms with Crippen LogP contribution in [-0.2, 0) is 13.5 Å². The van der Waals surface area contributed by atoms with Gasteiger partial charge in [0.1, 0.15) is 17.5 Å². The summed E-state index contributed by atoms with van der Waals surface area (Å²) in [5.74, 6) is 2.38. The van der Waals surface area contributed by atoms with Crippen molar-refractivity contribution >= 4 is 11.6 Å². The Balaban J connectivity index is 1.87. The molecule has 2 aromatic heterocycles. The lowest BCUT2D eigenvalue weighted by Gasteiger charge is -2.05. The molecular weight excluding hydrogens is 202 g/mol. The lowest BCUT2D eigenvalue weighted by atomic mass is 10.4. The van der Waals surface area contributed by atoms with Crippen LogP contribution < -0.4 is 11.1 Å². The van der Waals surface area contributed by atoms with Gasteiger partial charge < -0.3 is 15.6 Å². The Hall–Kier alpha value is -2.04. The van der Waals surface area contributed by atoms with E-state index in [0.29, 0.717) is 5.82 Å². The number of anilines is 2. The van der Waals surface area contributed by atoms with Gasteiger partial charge in [0.15, 0.2) is 0 Å². The Bertz CT molecular complexity index is 463. The van der Waals surface area contributed by atoms with Gasteiger partial charge in [0.05, 0.1) is 0 Å². The van der Waals surface area contributed by atoms with Gasteiger partial charge in [-0.25, -0.2) is 9.97 Å². The standard InChI is InChI=1S/C11H15N5/c1-16-8-7-14-11(16)5-6-13-10-4-2-3-9(12)15-10/h2-4,7-8H,5-6H2,1H3,(H3,12,13,15). The van der Waals surface area contributed by atoms with E-state index in [1.165, 1.54) is 0 Å². The highest BCUT2D eigenvalue weighted by atomic mass is 15.1. The van der Waals surface area contributed by atoms with Crippen molar-refractivity contribution < 1.29 is 0 Å². The second kappa shape index (κ2) is 4.65. The topological polar surface area (TPSA) is 68.8 Å². The molecule has 16 heavy (non-hydrogen) atoms. The molecule has 0 aliphatic heterocycles. The van der Waals surface area contributed by atoms with Crippen molar-refractivity contribution in [3.63, 3.8) is 0 Å². The minimum atomic E-state index is 0.530. The third-order valence-corrected chi connectivity index (χ3v) is 2.35. The molecule has 5 heteroatoms. The molecule has 3 N–H and O–H groups in total. The lowest BCUT2D eigenvalue weighted by Crippen LogP contribution is -2.09. The molecule has 0 aliphatic rings.